The van der Waals surface area contributed by atoms with Gasteiger partial charge in [0.2, 0.25) is 0 Å². The molecule has 2 N–H and O–H groups in total. The van der Waals surface area contributed by atoms with E-state index in [2.05, 4.69) is 33.4 Å². The summed E-state index contributed by atoms with van der Waals surface area (Å²) in [6.45, 7) is 11.7. The van der Waals surface area contributed by atoms with Crippen molar-refractivity contribution in [1.82, 2.24) is 0 Å². The van der Waals surface area contributed by atoms with Gasteiger partial charge in [0.05, 0.1) is 5.60 Å². The Kier molecular flexibility index (Phi) is 22.4. The molecule has 0 saturated heterocycles. The molecular weight excluding hydrogens is 360 g/mol. The molecule has 29 heavy (non-hydrogen) atoms. The Labute approximate surface area is 181 Å². The fourth-order valence-corrected chi connectivity index (χ4v) is 3.05. The molecule has 3 heteroatoms. The second kappa shape index (κ2) is 21.6. The summed E-state index contributed by atoms with van der Waals surface area (Å²) in [7, 11) is 0. The Balaban J connectivity index is 0. The number of hydrogen-bond donors (Lipinski definition) is 2. The van der Waals surface area contributed by atoms with Crippen molar-refractivity contribution in [1.29, 1.82) is 0 Å². The van der Waals surface area contributed by atoms with Crippen LogP contribution in [0.1, 0.15) is 130 Å². The van der Waals surface area contributed by atoms with Crippen LogP contribution in [0.5, 0.6) is 0 Å². The third-order valence-electron chi connectivity index (χ3n) is 5.14. The normalized spacial score (nSPS) is 12.4. The summed E-state index contributed by atoms with van der Waals surface area (Å²) >= 11 is 0. The maximum absolute atomic E-state index is 10.3. The van der Waals surface area contributed by atoms with Gasteiger partial charge in [0.1, 0.15) is 0 Å². The van der Waals surface area contributed by atoms with E-state index in [-0.39, 0.29) is 0 Å². The highest BCUT2D eigenvalue weighted by Gasteiger charge is 2.12. The van der Waals surface area contributed by atoms with Crippen molar-refractivity contribution in [3.05, 3.63) is 24.3 Å². The fourth-order valence-electron chi connectivity index (χ4n) is 3.05. The third-order valence-corrected chi connectivity index (χ3v) is 5.14. The van der Waals surface area contributed by atoms with Gasteiger partial charge in [-0.15, -0.1) is 6.58 Å². The van der Waals surface area contributed by atoms with Crippen LogP contribution in [0.15, 0.2) is 24.3 Å². The maximum Gasteiger partial charge on any atom is 0.303 e. The van der Waals surface area contributed by atoms with Gasteiger partial charge in [-0.05, 0) is 40.0 Å². The molecule has 0 aliphatic heterocycles. The van der Waals surface area contributed by atoms with Crippen molar-refractivity contribution in [2.24, 2.45) is 0 Å². The molecule has 0 aromatic rings. The number of aliphatic hydroxyl groups is 1. The molecule has 0 spiro atoms. The van der Waals surface area contributed by atoms with Gasteiger partial charge in [0, 0.05) is 6.42 Å². The van der Waals surface area contributed by atoms with Crippen LogP contribution in [0, 0.1) is 0 Å². The molecule has 0 aliphatic carbocycles. The number of hydrogen-bond acceptors (Lipinski definition) is 2. The first-order chi connectivity index (χ1) is 13.7. The van der Waals surface area contributed by atoms with Crippen LogP contribution in [0.4, 0.5) is 0 Å². The van der Waals surface area contributed by atoms with Crippen molar-refractivity contribution in [3.8, 4) is 0 Å². The highest BCUT2D eigenvalue weighted by molar-refractivity contribution is 5.66. The van der Waals surface area contributed by atoms with Crippen LogP contribution in [-0.4, -0.2) is 21.8 Å². The van der Waals surface area contributed by atoms with Crippen molar-refractivity contribution < 1.29 is 15.0 Å². The summed E-state index contributed by atoms with van der Waals surface area (Å²) in [5.74, 6) is -0.655. The molecule has 1 atom stereocenters. The lowest BCUT2D eigenvalue weighted by molar-refractivity contribution is -0.137. The van der Waals surface area contributed by atoms with E-state index in [0.717, 1.165) is 25.7 Å². The molecule has 3 nitrogen and oxygen atoms in total. The van der Waals surface area contributed by atoms with E-state index in [0.29, 0.717) is 6.42 Å². The average Bonchev–Trinajstić information content (AvgIpc) is 2.65. The van der Waals surface area contributed by atoms with E-state index >= 15 is 0 Å². The number of allylic oxidation sites excluding steroid dienone is 2. The smallest absolute Gasteiger partial charge is 0.303 e. The monoisotopic (exact) mass is 410 g/mol. The molecule has 0 rings (SSSR count). The number of aliphatic carboxylic acids is 1. The predicted octanol–water partition coefficient (Wildman–Crippen LogP) is 8.22. The Hall–Kier alpha value is -1.09. The first-order valence-corrected chi connectivity index (χ1v) is 12.0. The third kappa shape index (κ3) is 29.2. The van der Waals surface area contributed by atoms with Gasteiger partial charge >= 0.3 is 5.97 Å². The molecule has 0 aliphatic rings. The van der Waals surface area contributed by atoms with Crippen molar-refractivity contribution in [2.45, 2.75) is 136 Å². The summed E-state index contributed by atoms with van der Waals surface area (Å²) < 4.78 is 0. The lowest BCUT2D eigenvalue weighted by Gasteiger charge is -2.16. The number of carboxylic acid groups (broad SMARTS) is 1. The molecule has 0 aromatic carbocycles. The van der Waals surface area contributed by atoms with Crippen molar-refractivity contribution >= 4 is 5.97 Å². The second-order valence-electron chi connectivity index (χ2n) is 8.77. The zero-order valence-corrected chi connectivity index (χ0v) is 20.0. The minimum atomic E-state index is -0.702. The fraction of sp³-hybridized carbons (Fsp3) is 0.808. The first-order valence-electron chi connectivity index (χ1n) is 12.0. The number of carbonyl (C=O) groups is 1. The van der Waals surface area contributed by atoms with Gasteiger partial charge in [-0.3, -0.25) is 4.79 Å². The quantitative estimate of drug-likeness (QED) is 0.177. The predicted molar refractivity (Wildman–Crippen MR) is 127 cm³/mol. The summed E-state index contributed by atoms with van der Waals surface area (Å²) in [6, 6.07) is 0. The zero-order chi connectivity index (χ0) is 22.4. The summed E-state index contributed by atoms with van der Waals surface area (Å²) in [4.78, 5) is 10.3. The van der Waals surface area contributed by atoms with E-state index in [1.54, 1.807) is 13.0 Å². The molecule has 0 fully saturated rings. The molecule has 0 heterocycles. The van der Waals surface area contributed by atoms with Gasteiger partial charge in [-0.2, -0.15) is 0 Å². The molecule has 172 valence electrons. The maximum atomic E-state index is 10.3. The molecule has 0 bridgehead atoms. The van der Waals surface area contributed by atoms with Gasteiger partial charge in [0.15, 0.2) is 0 Å². The number of rotatable bonds is 18. The Morgan fingerprint density at radius 1 is 0.862 bits per heavy atom. The topological polar surface area (TPSA) is 57.5 Å². The molecule has 0 aromatic heterocycles. The van der Waals surface area contributed by atoms with Crippen LogP contribution in [0.25, 0.3) is 0 Å². The van der Waals surface area contributed by atoms with Gasteiger partial charge in [-0.25, -0.2) is 0 Å². The lowest BCUT2D eigenvalue weighted by Crippen LogP contribution is -2.19. The van der Waals surface area contributed by atoms with Gasteiger partial charge in [-0.1, -0.05) is 102 Å². The van der Waals surface area contributed by atoms with Crippen LogP contribution < -0.4 is 0 Å². The van der Waals surface area contributed by atoms with Crippen LogP contribution in [0.2, 0.25) is 0 Å². The Bertz CT molecular complexity index is 406. The van der Waals surface area contributed by atoms with E-state index in [4.69, 9.17) is 5.11 Å². The Morgan fingerprint density at radius 2 is 1.28 bits per heavy atom. The second-order valence-corrected chi connectivity index (χ2v) is 8.77. The summed E-state index contributed by atoms with van der Waals surface area (Å²) in [5, 5.41) is 18.0. The number of carboxylic acids is 1. The molecular formula is C26H50O3. The van der Waals surface area contributed by atoms with E-state index in [9.17, 15) is 9.90 Å². The SMILES string of the molecule is C=CC(C)(O)CCC=C(C)C.CCCCCCCCCCCCCCCC(=O)O. The van der Waals surface area contributed by atoms with Gasteiger partial charge in [0.25, 0.3) is 0 Å². The minimum Gasteiger partial charge on any atom is -0.481 e. The summed E-state index contributed by atoms with van der Waals surface area (Å²) in [6.07, 6.45) is 22.7. The van der Waals surface area contributed by atoms with Crippen molar-refractivity contribution in [3.63, 3.8) is 0 Å². The first kappa shape index (κ1) is 30.1. The molecule has 0 amide bonds. The standard InChI is InChI=1S/C16H32O2.C10H18O/c1-2-3-4-5-6-7-8-9-10-11-12-13-14-15-16(17)18;1-5-10(4,11)8-6-7-9(2)3/h2-15H2,1H3,(H,17,18);5,7,11H,1,6,8H2,2-4H3. The van der Waals surface area contributed by atoms with Crippen LogP contribution >= 0.6 is 0 Å². The number of unbranched alkanes of at least 4 members (excludes halogenated alkanes) is 12. The highest BCUT2D eigenvalue weighted by atomic mass is 16.4. The molecule has 1 unspecified atom stereocenters. The molecule has 0 radical (unpaired) electrons. The lowest BCUT2D eigenvalue weighted by atomic mass is 10.00. The zero-order valence-electron chi connectivity index (χ0n) is 20.0. The summed E-state index contributed by atoms with van der Waals surface area (Å²) in [5.41, 5.74) is 0.594. The van der Waals surface area contributed by atoms with E-state index < -0.39 is 11.6 Å². The van der Waals surface area contributed by atoms with Crippen LogP contribution in [0.3, 0.4) is 0 Å². The average molecular weight is 411 g/mol. The van der Waals surface area contributed by atoms with E-state index in [1.807, 2.05) is 0 Å². The highest BCUT2D eigenvalue weighted by Crippen LogP contribution is 2.14. The minimum absolute atomic E-state index is 0.345. The van der Waals surface area contributed by atoms with Crippen molar-refractivity contribution in [2.75, 3.05) is 0 Å². The molecule has 0 saturated carbocycles. The van der Waals surface area contributed by atoms with Gasteiger partial charge < -0.3 is 10.2 Å². The van der Waals surface area contributed by atoms with Crippen LogP contribution in [-0.2, 0) is 4.79 Å². The van der Waals surface area contributed by atoms with E-state index in [1.165, 1.54) is 76.2 Å². The Morgan fingerprint density at radius 3 is 1.62 bits per heavy atom. The largest absolute Gasteiger partial charge is 0.481 e.